The Bertz CT molecular complexity index is 1190. The Kier molecular flexibility index (Phi) is 5.16. The molecule has 0 unspecified atom stereocenters. The van der Waals surface area contributed by atoms with E-state index in [1.807, 2.05) is 37.3 Å². The van der Waals surface area contributed by atoms with Gasteiger partial charge in [0, 0.05) is 6.07 Å². The Balaban J connectivity index is 1.83. The van der Waals surface area contributed by atoms with Crippen LogP contribution >= 0.6 is 0 Å². The molecule has 1 heterocycles. The molecule has 0 aliphatic carbocycles. The molecule has 6 nitrogen and oxygen atoms in total. The van der Waals surface area contributed by atoms with Crippen LogP contribution in [0.1, 0.15) is 12.5 Å². The molecule has 0 atom stereocenters. The monoisotopic (exact) mass is 388 g/mol. The number of fused-ring (bicyclic) bond motifs is 1. The predicted molar refractivity (Wildman–Crippen MR) is 110 cm³/mol. The van der Waals surface area contributed by atoms with E-state index in [0.29, 0.717) is 33.7 Å². The van der Waals surface area contributed by atoms with Crippen LogP contribution in [0, 0.1) is 5.21 Å². The third-order valence-corrected chi connectivity index (χ3v) is 4.55. The summed E-state index contributed by atoms with van der Waals surface area (Å²) in [6.07, 6.45) is 0. The van der Waals surface area contributed by atoms with E-state index < -0.39 is 5.56 Å². The van der Waals surface area contributed by atoms with Gasteiger partial charge < -0.3 is 14.8 Å². The molecule has 0 bridgehead atoms. The lowest BCUT2D eigenvalue weighted by Crippen LogP contribution is -2.42. The van der Waals surface area contributed by atoms with E-state index in [0.717, 1.165) is 5.56 Å². The molecule has 0 aliphatic rings. The predicted octanol–water partition coefficient (Wildman–Crippen LogP) is 3.33. The number of ether oxygens (including phenoxy) is 1. The smallest absolute Gasteiger partial charge is 0.357 e. The topological polar surface area (TPSA) is 67.4 Å². The zero-order valence-corrected chi connectivity index (χ0v) is 15.9. The summed E-state index contributed by atoms with van der Waals surface area (Å²) in [6, 6.07) is 23.3. The second kappa shape index (κ2) is 8.06. The van der Waals surface area contributed by atoms with Gasteiger partial charge in [-0.05, 0) is 42.8 Å². The van der Waals surface area contributed by atoms with E-state index in [9.17, 15) is 10.0 Å². The summed E-state index contributed by atoms with van der Waals surface area (Å²) in [4.78, 5) is 19.1. The number of hydrogen-bond donors (Lipinski definition) is 0. The molecule has 0 radical (unpaired) electrons. The number of rotatable bonds is 6. The molecule has 29 heavy (non-hydrogen) atoms. The quantitative estimate of drug-likeness (QED) is 0.375. The van der Waals surface area contributed by atoms with Gasteiger partial charge in [0.15, 0.2) is 5.52 Å². The molecule has 0 N–H and O–H groups in total. The van der Waals surface area contributed by atoms with Gasteiger partial charge in [-0.1, -0.05) is 42.5 Å². The van der Waals surface area contributed by atoms with E-state index in [4.69, 9.17) is 9.57 Å². The van der Waals surface area contributed by atoms with E-state index in [1.165, 1.54) is 4.73 Å². The lowest BCUT2D eigenvalue weighted by atomic mass is 10.1. The fraction of sp³-hybridized carbons (Fsp3) is 0.130. The van der Waals surface area contributed by atoms with Crippen molar-refractivity contribution in [3.8, 4) is 17.0 Å². The molecule has 0 fully saturated rings. The highest BCUT2D eigenvalue weighted by Gasteiger charge is 2.23. The van der Waals surface area contributed by atoms with Crippen molar-refractivity contribution in [3.05, 3.63) is 100.0 Å². The summed E-state index contributed by atoms with van der Waals surface area (Å²) < 4.78 is 7.31. The second-order valence-electron chi connectivity index (χ2n) is 6.45. The number of nitrogens with zero attached hydrogens (tertiary/aromatic N) is 2. The molecule has 1 aromatic heterocycles. The maximum Gasteiger partial charge on any atom is 0.357 e. The van der Waals surface area contributed by atoms with Crippen molar-refractivity contribution in [2.24, 2.45) is 0 Å². The Morgan fingerprint density at radius 1 is 0.931 bits per heavy atom. The SMILES string of the molecule is CCOc1ccc(-c2c(=O)n(OCc3ccccc3)c3ccccc3[n+]2[O-])cc1. The normalized spacial score (nSPS) is 10.8. The van der Waals surface area contributed by atoms with Crippen molar-refractivity contribution in [2.45, 2.75) is 13.5 Å². The molecule has 0 saturated heterocycles. The first-order valence-corrected chi connectivity index (χ1v) is 9.37. The van der Waals surface area contributed by atoms with E-state index in [-0.39, 0.29) is 12.3 Å². The first-order valence-electron chi connectivity index (χ1n) is 9.37. The highest BCUT2D eigenvalue weighted by molar-refractivity contribution is 5.73. The molecule has 4 rings (SSSR count). The first kappa shape index (κ1) is 18.6. The van der Waals surface area contributed by atoms with Crippen LogP contribution < -0.4 is 19.9 Å². The highest BCUT2D eigenvalue weighted by atomic mass is 16.7. The minimum absolute atomic E-state index is 0.000176. The van der Waals surface area contributed by atoms with Crippen molar-refractivity contribution in [2.75, 3.05) is 6.61 Å². The van der Waals surface area contributed by atoms with Crippen LogP contribution in [0.3, 0.4) is 0 Å². The van der Waals surface area contributed by atoms with Crippen LogP contribution in [-0.4, -0.2) is 11.3 Å². The fourth-order valence-electron chi connectivity index (χ4n) is 3.18. The van der Waals surface area contributed by atoms with Gasteiger partial charge in [-0.3, -0.25) is 4.79 Å². The van der Waals surface area contributed by atoms with Gasteiger partial charge in [-0.25, -0.2) is 0 Å². The third kappa shape index (κ3) is 3.65. The van der Waals surface area contributed by atoms with Gasteiger partial charge in [0.2, 0.25) is 5.52 Å². The van der Waals surface area contributed by atoms with Crippen molar-refractivity contribution < 1.29 is 14.3 Å². The first-order chi connectivity index (χ1) is 14.2. The molecule has 6 heteroatoms. The van der Waals surface area contributed by atoms with Crippen molar-refractivity contribution >= 4 is 11.0 Å². The van der Waals surface area contributed by atoms with Crippen molar-refractivity contribution in [3.63, 3.8) is 0 Å². The Morgan fingerprint density at radius 2 is 1.62 bits per heavy atom. The number of aromatic nitrogens is 2. The van der Waals surface area contributed by atoms with Crippen molar-refractivity contribution in [1.29, 1.82) is 0 Å². The summed E-state index contributed by atoms with van der Waals surface area (Å²) >= 11 is 0. The maximum absolute atomic E-state index is 13.2. The Morgan fingerprint density at radius 3 is 2.34 bits per heavy atom. The molecule has 0 saturated carbocycles. The minimum atomic E-state index is -0.515. The highest BCUT2D eigenvalue weighted by Crippen LogP contribution is 2.19. The van der Waals surface area contributed by atoms with E-state index >= 15 is 0 Å². The zero-order valence-electron chi connectivity index (χ0n) is 15.9. The van der Waals surface area contributed by atoms with Gasteiger partial charge in [0.1, 0.15) is 12.4 Å². The van der Waals surface area contributed by atoms with Crippen LogP contribution in [-0.2, 0) is 6.61 Å². The lowest BCUT2D eigenvalue weighted by molar-refractivity contribution is -0.566. The number of para-hydroxylation sites is 2. The maximum atomic E-state index is 13.2. The van der Waals surface area contributed by atoms with Crippen LogP contribution in [0.15, 0.2) is 83.7 Å². The molecular weight excluding hydrogens is 368 g/mol. The average Bonchev–Trinajstić information content (AvgIpc) is 2.76. The number of benzene rings is 3. The van der Waals surface area contributed by atoms with Gasteiger partial charge in [0.25, 0.3) is 5.69 Å². The fourth-order valence-corrected chi connectivity index (χ4v) is 3.18. The zero-order chi connectivity index (χ0) is 20.2. The van der Waals surface area contributed by atoms with Gasteiger partial charge in [-0.15, -0.1) is 4.73 Å². The summed E-state index contributed by atoms with van der Waals surface area (Å²) in [5.41, 5.74) is 1.67. The Hall–Kier alpha value is -3.80. The van der Waals surface area contributed by atoms with Gasteiger partial charge in [0.05, 0.1) is 12.2 Å². The minimum Gasteiger partial charge on any atom is -0.618 e. The standard InChI is InChI=1S/C23H20N2O4/c1-2-28-19-14-12-18(13-15-19)22-23(26)25(29-16-17-8-4-3-5-9-17)21-11-7-6-10-20(21)24(22)27/h3-15H,2,16H2,1H3. The summed E-state index contributed by atoms with van der Waals surface area (Å²) in [6.45, 7) is 2.64. The van der Waals surface area contributed by atoms with E-state index in [2.05, 4.69) is 0 Å². The van der Waals surface area contributed by atoms with Crippen molar-refractivity contribution in [1.82, 2.24) is 4.73 Å². The lowest BCUT2D eigenvalue weighted by Gasteiger charge is -2.14. The summed E-state index contributed by atoms with van der Waals surface area (Å²) in [5.74, 6) is 0.676. The van der Waals surface area contributed by atoms with Crippen LogP contribution in [0.5, 0.6) is 5.75 Å². The molecule has 4 aromatic rings. The average molecular weight is 388 g/mol. The molecule has 3 aromatic carbocycles. The second-order valence-corrected chi connectivity index (χ2v) is 6.45. The molecule has 146 valence electrons. The third-order valence-electron chi connectivity index (χ3n) is 4.55. The molecular formula is C23H20N2O4. The van der Waals surface area contributed by atoms with E-state index in [1.54, 1.807) is 48.5 Å². The van der Waals surface area contributed by atoms with Crippen LogP contribution in [0.25, 0.3) is 22.3 Å². The van der Waals surface area contributed by atoms with Crippen LogP contribution in [0.2, 0.25) is 0 Å². The number of hydrogen-bond acceptors (Lipinski definition) is 4. The summed E-state index contributed by atoms with van der Waals surface area (Å²) in [7, 11) is 0. The Labute approximate surface area is 167 Å². The van der Waals surface area contributed by atoms with Gasteiger partial charge >= 0.3 is 5.56 Å². The molecule has 0 aliphatic heterocycles. The molecule has 0 spiro atoms. The summed E-state index contributed by atoms with van der Waals surface area (Å²) in [5, 5.41) is 13.0. The largest absolute Gasteiger partial charge is 0.618 e. The van der Waals surface area contributed by atoms with Gasteiger partial charge in [-0.2, -0.15) is 4.73 Å². The molecule has 0 amide bonds. The van der Waals surface area contributed by atoms with Crippen LogP contribution in [0.4, 0.5) is 0 Å².